The van der Waals surface area contributed by atoms with Gasteiger partial charge in [0, 0.05) is 6.42 Å². The predicted octanol–water partition coefficient (Wildman–Crippen LogP) is 2.03. The lowest BCUT2D eigenvalue weighted by atomic mass is 10.0. The van der Waals surface area contributed by atoms with Gasteiger partial charge in [-0.25, -0.2) is 5.84 Å². The molecule has 0 radical (unpaired) electrons. The molecule has 4 nitrogen and oxygen atoms in total. The van der Waals surface area contributed by atoms with Crippen LogP contribution in [0.4, 0.5) is 0 Å². The fraction of sp³-hybridized carbons (Fsp3) is 0.188. The molecule has 4 heteroatoms. The van der Waals surface area contributed by atoms with Gasteiger partial charge in [0.25, 0.3) is 5.91 Å². The molecular weight excluding hydrogens is 252 g/mol. The second-order valence-electron chi connectivity index (χ2n) is 4.54. The molecule has 0 fully saturated rings. The Bertz CT molecular complexity index is 570. The van der Waals surface area contributed by atoms with Gasteiger partial charge < -0.3 is 4.74 Å². The molecule has 2 aromatic rings. The van der Waals surface area contributed by atoms with Crippen molar-refractivity contribution in [3.05, 3.63) is 65.7 Å². The number of carbonyl (C=O) groups excluding carboxylic acids is 1. The Hall–Kier alpha value is -2.33. The maximum absolute atomic E-state index is 11.4. The molecule has 0 saturated heterocycles. The Labute approximate surface area is 118 Å². The number of nitrogens with one attached hydrogen (secondary N) is 1. The van der Waals surface area contributed by atoms with Gasteiger partial charge in [-0.15, -0.1) is 0 Å². The van der Waals surface area contributed by atoms with Crippen molar-refractivity contribution in [1.82, 2.24) is 5.43 Å². The quantitative estimate of drug-likeness (QED) is 0.496. The minimum Gasteiger partial charge on any atom is -0.481 e. The number of hydrogen-bond acceptors (Lipinski definition) is 3. The minimum absolute atomic E-state index is 0.348. The standard InChI is InChI=1S/C16H18N2O2/c1-12(16(19)18-17)20-15-10-6-5-9-14(15)11-13-7-3-2-4-8-13/h2-10,12H,11,17H2,1H3,(H,18,19). The van der Waals surface area contributed by atoms with Gasteiger partial charge in [-0.05, 0) is 24.1 Å². The summed E-state index contributed by atoms with van der Waals surface area (Å²) in [5, 5.41) is 0. The number of benzene rings is 2. The Morgan fingerprint density at radius 3 is 2.50 bits per heavy atom. The number of nitrogens with two attached hydrogens (primary N) is 1. The van der Waals surface area contributed by atoms with Crippen molar-refractivity contribution in [2.75, 3.05) is 0 Å². The molecule has 0 heterocycles. The average Bonchev–Trinajstić information content (AvgIpc) is 2.49. The normalized spacial score (nSPS) is 11.7. The van der Waals surface area contributed by atoms with Gasteiger partial charge in [-0.3, -0.25) is 10.2 Å². The largest absolute Gasteiger partial charge is 0.481 e. The zero-order valence-electron chi connectivity index (χ0n) is 11.4. The lowest BCUT2D eigenvalue weighted by molar-refractivity contribution is -0.127. The number of hydrogen-bond donors (Lipinski definition) is 2. The SMILES string of the molecule is CC(Oc1ccccc1Cc1ccccc1)C(=O)NN. The van der Waals surface area contributed by atoms with Gasteiger partial charge >= 0.3 is 0 Å². The van der Waals surface area contributed by atoms with Crippen molar-refractivity contribution < 1.29 is 9.53 Å². The predicted molar refractivity (Wildman–Crippen MR) is 78.1 cm³/mol. The van der Waals surface area contributed by atoms with Crippen LogP contribution in [0.3, 0.4) is 0 Å². The van der Waals surface area contributed by atoms with E-state index in [1.54, 1.807) is 6.92 Å². The van der Waals surface area contributed by atoms with E-state index in [4.69, 9.17) is 10.6 Å². The monoisotopic (exact) mass is 270 g/mol. The zero-order chi connectivity index (χ0) is 14.4. The van der Waals surface area contributed by atoms with Crippen LogP contribution in [-0.4, -0.2) is 12.0 Å². The Morgan fingerprint density at radius 1 is 1.15 bits per heavy atom. The van der Waals surface area contributed by atoms with Crippen LogP contribution in [0.2, 0.25) is 0 Å². The number of carbonyl (C=O) groups is 1. The first-order valence-electron chi connectivity index (χ1n) is 6.49. The molecule has 1 unspecified atom stereocenters. The smallest absolute Gasteiger partial charge is 0.274 e. The summed E-state index contributed by atoms with van der Waals surface area (Å²) in [7, 11) is 0. The van der Waals surface area contributed by atoms with E-state index in [9.17, 15) is 4.79 Å². The van der Waals surface area contributed by atoms with Gasteiger partial charge in [0.2, 0.25) is 0 Å². The highest BCUT2D eigenvalue weighted by atomic mass is 16.5. The van der Waals surface area contributed by atoms with E-state index in [0.29, 0.717) is 5.75 Å². The Morgan fingerprint density at radius 2 is 1.80 bits per heavy atom. The van der Waals surface area contributed by atoms with E-state index in [1.165, 1.54) is 5.56 Å². The molecule has 20 heavy (non-hydrogen) atoms. The van der Waals surface area contributed by atoms with Crippen molar-refractivity contribution in [2.24, 2.45) is 5.84 Å². The molecule has 0 aliphatic rings. The lowest BCUT2D eigenvalue weighted by Crippen LogP contribution is -2.40. The fourth-order valence-electron chi connectivity index (χ4n) is 1.94. The topological polar surface area (TPSA) is 64.3 Å². The first kappa shape index (κ1) is 14.1. The van der Waals surface area contributed by atoms with Crippen LogP contribution in [0.25, 0.3) is 0 Å². The van der Waals surface area contributed by atoms with E-state index >= 15 is 0 Å². The highest BCUT2D eigenvalue weighted by molar-refractivity contribution is 5.80. The summed E-state index contributed by atoms with van der Waals surface area (Å²) in [6.45, 7) is 1.67. The summed E-state index contributed by atoms with van der Waals surface area (Å²) in [5.41, 5.74) is 4.32. The van der Waals surface area contributed by atoms with Crippen molar-refractivity contribution in [2.45, 2.75) is 19.4 Å². The summed E-state index contributed by atoms with van der Waals surface area (Å²) in [6.07, 6.45) is 0.130. The van der Waals surface area contributed by atoms with Crippen LogP contribution in [-0.2, 0) is 11.2 Å². The molecule has 2 rings (SSSR count). The minimum atomic E-state index is -0.628. The Kier molecular flexibility index (Phi) is 4.74. The second-order valence-corrected chi connectivity index (χ2v) is 4.54. The maximum Gasteiger partial charge on any atom is 0.274 e. The van der Waals surface area contributed by atoms with E-state index in [-0.39, 0.29) is 5.91 Å². The maximum atomic E-state index is 11.4. The highest BCUT2D eigenvalue weighted by Gasteiger charge is 2.14. The number of rotatable bonds is 5. The summed E-state index contributed by atoms with van der Waals surface area (Å²) in [5.74, 6) is 5.46. The van der Waals surface area contributed by atoms with Crippen LogP contribution in [0.5, 0.6) is 5.75 Å². The second kappa shape index (κ2) is 6.73. The molecular formula is C16H18N2O2. The number of amides is 1. The fourth-order valence-corrected chi connectivity index (χ4v) is 1.94. The summed E-state index contributed by atoms with van der Waals surface area (Å²) in [4.78, 5) is 11.4. The van der Waals surface area contributed by atoms with E-state index in [2.05, 4.69) is 17.6 Å². The van der Waals surface area contributed by atoms with E-state index in [0.717, 1.165) is 12.0 Å². The van der Waals surface area contributed by atoms with Gasteiger partial charge in [0.15, 0.2) is 6.10 Å². The first-order chi connectivity index (χ1) is 9.70. The van der Waals surface area contributed by atoms with Crippen LogP contribution < -0.4 is 16.0 Å². The lowest BCUT2D eigenvalue weighted by Gasteiger charge is -2.16. The zero-order valence-corrected chi connectivity index (χ0v) is 11.4. The third-order valence-corrected chi connectivity index (χ3v) is 3.03. The average molecular weight is 270 g/mol. The molecule has 2 aromatic carbocycles. The van der Waals surface area contributed by atoms with E-state index < -0.39 is 6.10 Å². The van der Waals surface area contributed by atoms with Crippen LogP contribution >= 0.6 is 0 Å². The van der Waals surface area contributed by atoms with Crippen molar-refractivity contribution in [3.63, 3.8) is 0 Å². The first-order valence-corrected chi connectivity index (χ1v) is 6.49. The summed E-state index contributed by atoms with van der Waals surface area (Å²) in [6, 6.07) is 17.8. The molecule has 0 bridgehead atoms. The molecule has 0 aromatic heterocycles. The van der Waals surface area contributed by atoms with Crippen molar-refractivity contribution in [1.29, 1.82) is 0 Å². The third kappa shape index (κ3) is 3.59. The van der Waals surface area contributed by atoms with E-state index in [1.807, 2.05) is 42.5 Å². The molecule has 104 valence electrons. The molecule has 3 N–H and O–H groups in total. The number of ether oxygens (including phenoxy) is 1. The van der Waals surface area contributed by atoms with Crippen molar-refractivity contribution >= 4 is 5.91 Å². The highest BCUT2D eigenvalue weighted by Crippen LogP contribution is 2.22. The molecule has 1 atom stereocenters. The molecule has 0 aliphatic heterocycles. The number of hydrazine groups is 1. The molecule has 1 amide bonds. The summed E-state index contributed by atoms with van der Waals surface area (Å²) < 4.78 is 5.68. The van der Waals surface area contributed by atoms with Crippen molar-refractivity contribution in [3.8, 4) is 5.75 Å². The molecule has 0 aliphatic carbocycles. The van der Waals surface area contributed by atoms with Gasteiger partial charge in [-0.1, -0.05) is 48.5 Å². The third-order valence-electron chi connectivity index (χ3n) is 3.03. The number of para-hydroxylation sites is 1. The Balaban J connectivity index is 2.16. The molecule has 0 saturated carbocycles. The van der Waals surface area contributed by atoms with Crippen LogP contribution in [0.15, 0.2) is 54.6 Å². The summed E-state index contributed by atoms with van der Waals surface area (Å²) >= 11 is 0. The van der Waals surface area contributed by atoms with Crippen LogP contribution in [0.1, 0.15) is 18.1 Å². The van der Waals surface area contributed by atoms with Crippen LogP contribution in [0, 0.1) is 0 Å². The van der Waals surface area contributed by atoms with Gasteiger partial charge in [-0.2, -0.15) is 0 Å². The molecule has 0 spiro atoms. The van der Waals surface area contributed by atoms with Gasteiger partial charge in [0.1, 0.15) is 5.75 Å². The van der Waals surface area contributed by atoms with Gasteiger partial charge in [0.05, 0.1) is 0 Å².